The number of phenols is 1. The highest BCUT2D eigenvalue weighted by molar-refractivity contribution is 7.89. The minimum Gasteiger partial charge on any atom is -0.508 e. The highest BCUT2D eigenvalue weighted by atomic mass is 35.5. The molecule has 0 amide bonds. The molecule has 0 aliphatic carbocycles. The van der Waals surface area contributed by atoms with Crippen molar-refractivity contribution in [3.8, 4) is 11.4 Å². The van der Waals surface area contributed by atoms with Gasteiger partial charge in [0.05, 0.1) is 14.9 Å². The third-order valence-corrected chi connectivity index (χ3v) is 6.27. The molecule has 0 radical (unpaired) electrons. The van der Waals surface area contributed by atoms with Gasteiger partial charge in [-0.15, -0.1) is 5.10 Å². The molecule has 172 valence electrons. The number of sulfonamides is 1. The number of aromatic hydroxyl groups is 1. The molecule has 2 heterocycles. The third-order valence-electron chi connectivity index (χ3n) is 4.80. The number of nitrogens with two attached hydrogens (primary N) is 1. The zero-order valence-electron chi connectivity index (χ0n) is 17.4. The van der Waals surface area contributed by atoms with Crippen LogP contribution in [0, 0.1) is 0 Å². The topological polar surface area (TPSA) is 147 Å². The molecule has 33 heavy (non-hydrogen) atoms. The number of nitrogens with one attached hydrogen (secondary N) is 1. The summed E-state index contributed by atoms with van der Waals surface area (Å²) in [6.07, 6.45) is 0.230. The molecule has 0 spiro atoms. The molecular formula is C20H18Cl2N6O4S. The van der Waals surface area contributed by atoms with Crippen LogP contribution >= 0.6 is 23.2 Å². The fourth-order valence-corrected chi connectivity index (χ4v) is 4.72. The van der Waals surface area contributed by atoms with Gasteiger partial charge in [-0.25, -0.2) is 23.2 Å². The molecule has 0 bridgehead atoms. The Labute approximate surface area is 198 Å². The number of nitrogens with zero attached hydrogens (tertiary/aromatic N) is 4. The number of hydrogen-bond donors (Lipinski definition) is 3. The fraction of sp³-hybridized carbons (Fsp3) is 0.150. The van der Waals surface area contributed by atoms with Gasteiger partial charge in [-0.2, -0.15) is 0 Å². The van der Waals surface area contributed by atoms with E-state index in [0.29, 0.717) is 11.6 Å². The zero-order valence-corrected chi connectivity index (χ0v) is 19.7. The molecular weight excluding hydrogens is 491 g/mol. The molecule has 10 nitrogen and oxygen atoms in total. The predicted molar refractivity (Wildman–Crippen MR) is 126 cm³/mol. The van der Waals surface area contributed by atoms with E-state index in [-0.39, 0.29) is 43.8 Å². The number of anilines is 1. The summed E-state index contributed by atoms with van der Waals surface area (Å²) in [6.45, 7) is 0. The van der Waals surface area contributed by atoms with Crippen LogP contribution in [-0.4, -0.2) is 47.4 Å². The summed E-state index contributed by atoms with van der Waals surface area (Å²) < 4.78 is 24.8. The van der Waals surface area contributed by atoms with Crippen molar-refractivity contribution < 1.29 is 13.5 Å². The van der Waals surface area contributed by atoms with Crippen molar-refractivity contribution in [2.45, 2.75) is 11.3 Å². The number of aromatic nitrogens is 4. The van der Waals surface area contributed by atoms with E-state index in [2.05, 4.69) is 15.1 Å². The minimum atomic E-state index is -4.05. The normalized spacial score (nSPS) is 11.8. The Morgan fingerprint density at radius 1 is 1.18 bits per heavy atom. The summed E-state index contributed by atoms with van der Waals surface area (Å²) in [5, 5.41) is 19.5. The molecule has 13 heteroatoms. The number of H-pyrrole nitrogens is 1. The van der Waals surface area contributed by atoms with Gasteiger partial charge < -0.3 is 15.0 Å². The zero-order chi connectivity index (χ0) is 24.1. The van der Waals surface area contributed by atoms with Crippen molar-refractivity contribution >= 4 is 50.1 Å². The number of primary sulfonamides is 1. The number of benzene rings is 2. The number of halogens is 2. The lowest BCUT2D eigenvalue weighted by Crippen LogP contribution is -2.16. The molecule has 0 aliphatic heterocycles. The Morgan fingerprint density at radius 2 is 1.85 bits per heavy atom. The molecule has 0 saturated carbocycles. The van der Waals surface area contributed by atoms with Gasteiger partial charge in [-0.05, 0) is 29.8 Å². The first kappa shape index (κ1) is 23.1. The summed E-state index contributed by atoms with van der Waals surface area (Å²) in [5.74, 6) is 0.715. The monoisotopic (exact) mass is 508 g/mol. The van der Waals surface area contributed by atoms with Crippen LogP contribution < -0.4 is 15.6 Å². The molecule has 0 saturated heterocycles. The first-order valence-electron chi connectivity index (χ1n) is 9.45. The van der Waals surface area contributed by atoms with Gasteiger partial charge >= 0.3 is 0 Å². The highest BCUT2D eigenvalue weighted by Gasteiger charge is 2.24. The van der Waals surface area contributed by atoms with E-state index < -0.39 is 15.6 Å². The lowest BCUT2D eigenvalue weighted by molar-refractivity contribution is 0.474. The van der Waals surface area contributed by atoms with Gasteiger partial charge in [-0.3, -0.25) is 4.79 Å². The van der Waals surface area contributed by atoms with Crippen molar-refractivity contribution in [3.63, 3.8) is 0 Å². The lowest BCUT2D eigenvalue weighted by Gasteiger charge is -2.11. The SMILES string of the molecule is CN(C)c1nn(-c2c(Cl)cc(S(N)(=O)=O)cc2Cl)c2nc(Cc3cccc(O)c3)[nH]c(=O)c12. The van der Waals surface area contributed by atoms with Gasteiger partial charge in [0.1, 0.15) is 22.6 Å². The van der Waals surface area contributed by atoms with Crippen LogP contribution in [0.5, 0.6) is 5.75 Å². The highest BCUT2D eigenvalue weighted by Crippen LogP contribution is 2.34. The molecule has 2 aromatic carbocycles. The first-order chi connectivity index (χ1) is 15.5. The van der Waals surface area contributed by atoms with Crippen molar-refractivity contribution in [2.75, 3.05) is 19.0 Å². The number of fused-ring (bicyclic) bond motifs is 1. The average Bonchev–Trinajstić information content (AvgIpc) is 3.07. The fourth-order valence-electron chi connectivity index (χ4n) is 3.37. The molecule has 0 unspecified atom stereocenters. The molecule has 4 N–H and O–H groups in total. The standard InChI is InChI=1S/C20H18Cl2N6O4S/c1-27(2)19-16-18(24-15(25-20(16)30)7-10-4-3-5-11(29)6-10)28(26-19)17-13(21)8-12(9-14(17)22)33(23,31)32/h3-6,8-9,29H,7H2,1-2H3,(H2,23,31,32)(H,24,25,30). The Balaban J connectivity index is 1.97. The number of phenolic OH excluding ortho intramolecular Hbond substituents is 1. The smallest absolute Gasteiger partial charge is 0.264 e. The van der Waals surface area contributed by atoms with E-state index in [1.54, 1.807) is 37.2 Å². The van der Waals surface area contributed by atoms with Crippen LogP contribution in [0.1, 0.15) is 11.4 Å². The molecule has 0 atom stereocenters. The van der Waals surface area contributed by atoms with Crippen LogP contribution in [-0.2, 0) is 16.4 Å². The lowest BCUT2D eigenvalue weighted by atomic mass is 10.1. The summed E-state index contributed by atoms with van der Waals surface area (Å²) >= 11 is 12.7. The van der Waals surface area contributed by atoms with Gasteiger partial charge in [0.25, 0.3) is 5.56 Å². The molecule has 4 rings (SSSR count). The van der Waals surface area contributed by atoms with Crippen LogP contribution in [0.15, 0.2) is 46.1 Å². The average molecular weight is 509 g/mol. The van der Waals surface area contributed by atoms with Crippen LogP contribution in [0.4, 0.5) is 5.82 Å². The van der Waals surface area contributed by atoms with Crippen molar-refractivity contribution in [1.82, 2.24) is 19.7 Å². The Hall–Kier alpha value is -3.12. The van der Waals surface area contributed by atoms with E-state index >= 15 is 0 Å². The van der Waals surface area contributed by atoms with Gasteiger partial charge in [-0.1, -0.05) is 35.3 Å². The van der Waals surface area contributed by atoms with Crippen LogP contribution in [0.25, 0.3) is 16.7 Å². The molecule has 0 aliphatic rings. The minimum absolute atomic E-state index is 0.0437. The number of rotatable bonds is 5. The number of hydrogen-bond acceptors (Lipinski definition) is 7. The van der Waals surface area contributed by atoms with E-state index in [0.717, 1.165) is 17.7 Å². The maximum Gasteiger partial charge on any atom is 0.264 e. The second-order valence-corrected chi connectivity index (χ2v) is 9.84. The summed E-state index contributed by atoms with van der Waals surface area (Å²) in [6, 6.07) is 8.88. The van der Waals surface area contributed by atoms with Crippen molar-refractivity contribution in [1.29, 1.82) is 0 Å². The summed E-state index contributed by atoms with van der Waals surface area (Å²) in [7, 11) is -0.631. The van der Waals surface area contributed by atoms with E-state index in [1.165, 1.54) is 10.7 Å². The van der Waals surface area contributed by atoms with E-state index in [4.69, 9.17) is 28.3 Å². The second-order valence-electron chi connectivity index (χ2n) is 7.47. The number of aromatic amines is 1. The van der Waals surface area contributed by atoms with Crippen LogP contribution in [0.2, 0.25) is 10.0 Å². The van der Waals surface area contributed by atoms with Gasteiger partial charge in [0.2, 0.25) is 10.0 Å². The Kier molecular flexibility index (Phi) is 5.83. The summed E-state index contributed by atoms with van der Waals surface area (Å²) in [4.78, 5) is 21.7. The second kappa shape index (κ2) is 8.34. The van der Waals surface area contributed by atoms with E-state index in [9.17, 15) is 18.3 Å². The maximum absolute atomic E-state index is 13.0. The maximum atomic E-state index is 13.0. The van der Waals surface area contributed by atoms with E-state index in [1.807, 2.05) is 0 Å². The van der Waals surface area contributed by atoms with Crippen molar-refractivity contribution in [2.24, 2.45) is 5.14 Å². The quantitative estimate of drug-likeness (QED) is 0.374. The Bertz CT molecular complexity index is 1540. The largest absolute Gasteiger partial charge is 0.508 e. The third kappa shape index (κ3) is 4.40. The van der Waals surface area contributed by atoms with Gasteiger partial charge in [0, 0.05) is 20.5 Å². The van der Waals surface area contributed by atoms with Crippen molar-refractivity contribution in [3.05, 3.63) is 68.2 Å². The van der Waals surface area contributed by atoms with Gasteiger partial charge in [0.15, 0.2) is 11.5 Å². The molecule has 0 fully saturated rings. The summed E-state index contributed by atoms with van der Waals surface area (Å²) in [5.41, 5.74) is 0.610. The first-order valence-corrected chi connectivity index (χ1v) is 11.8. The predicted octanol–water partition coefficient (Wildman–Crippen LogP) is 2.43. The Morgan fingerprint density at radius 3 is 2.42 bits per heavy atom. The van der Waals surface area contributed by atoms with Crippen LogP contribution in [0.3, 0.4) is 0 Å². The molecule has 4 aromatic rings. The molecule has 2 aromatic heterocycles.